The number of aryl methyl sites for hydroxylation is 2. The number of hydrogen-bond acceptors (Lipinski definition) is 3. The molecule has 3 aromatic carbocycles. The van der Waals surface area contributed by atoms with Gasteiger partial charge in [0.25, 0.3) is 0 Å². The molecule has 0 heterocycles. The molecule has 0 bridgehead atoms. The van der Waals surface area contributed by atoms with Gasteiger partial charge in [-0.2, -0.15) is 0 Å². The van der Waals surface area contributed by atoms with E-state index in [0.717, 1.165) is 11.1 Å². The largest absolute Gasteiger partial charge is 0.293 e. The van der Waals surface area contributed by atoms with Crippen LogP contribution in [0.15, 0.2) is 83.8 Å². The van der Waals surface area contributed by atoms with Crippen LogP contribution in [0.3, 0.4) is 0 Å². The van der Waals surface area contributed by atoms with E-state index in [0.29, 0.717) is 11.1 Å². The molecule has 4 heteroatoms. The van der Waals surface area contributed by atoms with Crippen molar-refractivity contribution in [3.63, 3.8) is 0 Å². The third-order valence-electron chi connectivity index (χ3n) is 4.62. The lowest BCUT2D eigenvalue weighted by Gasteiger charge is -2.17. The molecule has 0 radical (unpaired) electrons. The van der Waals surface area contributed by atoms with E-state index in [1.54, 1.807) is 42.5 Å². The molecule has 0 aromatic heterocycles. The Balaban J connectivity index is 2.01. The van der Waals surface area contributed by atoms with Gasteiger partial charge in [0.05, 0.1) is 16.6 Å². The Morgan fingerprint density at radius 3 is 1.85 bits per heavy atom. The van der Waals surface area contributed by atoms with Crippen molar-refractivity contribution < 1.29 is 13.2 Å². The van der Waals surface area contributed by atoms with Crippen molar-refractivity contribution in [3.05, 3.63) is 101 Å². The van der Waals surface area contributed by atoms with E-state index < -0.39 is 15.8 Å². The Hall–Kier alpha value is -2.72. The molecule has 1 unspecified atom stereocenters. The van der Waals surface area contributed by atoms with E-state index in [-0.39, 0.29) is 16.4 Å². The molecule has 3 aromatic rings. The van der Waals surface area contributed by atoms with Gasteiger partial charge in [-0.05, 0) is 31.5 Å². The number of sulfone groups is 1. The highest BCUT2D eigenvalue weighted by Crippen LogP contribution is 2.26. The van der Waals surface area contributed by atoms with Crippen LogP contribution in [-0.2, 0) is 9.84 Å². The average Bonchev–Trinajstić information content (AvgIpc) is 2.68. The average molecular weight is 378 g/mol. The highest BCUT2D eigenvalue weighted by molar-refractivity contribution is 7.91. The van der Waals surface area contributed by atoms with Gasteiger partial charge in [-0.15, -0.1) is 0 Å². The second-order valence-electron chi connectivity index (χ2n) is 6.79. The maximum atomic E-state index is 13.2. The smallest absolute Gasteiger partial charge is 0.179 e. The molecule has 3 nitrogen and oxygen atoms in total. The molecule has 0 aliphatic rings. The van der Waals surface area contributed by atoms with Crippen molar-refractivity contribution in [2.24, 2.45) is 0 Å². The molecule has 0 N–H and O–H groups in total. The molecular weight excluding hydrogens is 356 g/mol. The van der Waals surface area contributed by atoms with Crippen LogP contribution in [-0.4, -0.2) is 20.0 Å². The van der Waals surface area contributed by atoms with Crippen LogP contribution in [0.5, 0.6) is 0 Å². The summed E-state index contributed by atoms with van der Waals surface area (Å²) >= 11 is 0. The number of hydrogen-bond donors (Lipinski definition) is 0. The Morgan fingerprint density at radius 2 is 1.30 bits per heavy atom. The molecule has 0 fully saturated rings. The van der Waals surface area contributed by atoms with Gasteiger partial charge in [0.2, 0.25) is 0 Å². The summed E-state index contributed by atoms with van der Waals surface area (Å²) < 4.78 is 25.8. The van der Waals surface area contributed by atoms with Gasteiger partial charge in [0, 0.05) is 5.56 Å². The number of Topliss-reactive ketones (excluding diaryl/α,β-unsaturated/α-hetero) is 1. The number of rotatable bonds is 6. The van der Waals surface area contributed by atoms with Crippen LogP contribution in [0.4, 0.5) is 0 Å². The van der Waals surface area contributed by atoms with Gasteiger partial charge in [-0.25, -0.2) is 8.42 Å². The maximum Gasteiger partial charge on any atom is 0.179 e. The first-order valence-corrected chi connectivity index (χ1v) is 10.5. The predicted octanol–water partition coefficient (Wildman–Crippen LogP) is 4.74. The lowest BCUT2D eigenvalue weighted by atomic mass is 9.91. The molecule has 138 valence electrons. The SMILES string of the molecule is Cc1ccc(C(=O)C(CS(=O)(=O)c2ccccc2)c2ccc(C)cc2)cc1. The highest BCUT2D eigenvalue weighted by atomic mass is 32.2. The molecule has 0 spiro atoms. The summed E-state index contributed by atoms with van der Waals surface area (Å²) in [5.41, 5.74) is 3.35. The van der Waals surface area contributed by atoms with Crippen LogP contribution >= 0.6 is 0 Å². The van der Waals surface area contributed by atoms with Gasteiger partial charge in [0.1, 0.15) is 0 Å². The number of carbonyl (C=O) groups excluding carboxylic acids is 1. The molecule has 0 saturated heterocycles. The quantitative estimate of drug-likeness (QED) is 0.582. The normalized spacial score (nSPS) is 12.5. The third kappa shape index (κ3) is 4.52. The second kappa shape index (κ2) is 7.89. The number of benzene rings is 3. The van der Waals surface area contributed by atoms with E-state index in [1.165, 1.54) is 0 Å². The van der Waals surface area contributed by atoms with Gasteiger partial charge >= 0.3 is 0 Å². The Morgan fingerprint density at radius 1 is 0.778 bits per heavy atom. The summed E-state index contributed by atoms with van der Waals surface area (Å²) in [6, 6.07) is 23.0. The third-order valence-corrected chi connectivity index (χ3v) is 6.38. The fourth-order valence-corrected chi connectivity index (χ4v) is 4.53. The first-order valence-electron chi connectivity index (χ1n) is 8.82. The van der Waals surface area contributed by atoms with Crippen LogP contribution < -0.4 is 0 Å². The zero-order valence-electron chi connectivity index (χ0n) is 15.4. The molecule has 0 aliphatic carbocycles. The molecule has 0 aliphatic heterocycles. The Kier molecular flexibility index (Phi) is 5.57. The Labute approximate surface area is 160 Å². The zero-order valence-corrected chi connectivity index (χ0v) is 16.2. The van der Waals surface area contributed by atoms with Gasteiger partial charge in [-0.1, -0.05) is 77.9 Å². The predicted molar refractivity (Wildman–Crippen MR) is 108 cm³/mol. The van der Waals surface area contributed by atoms with Crippen LogP contribution in [0.1, 0.15) is 33.0 Å². The highest BCUT2D eigenvalue weighted by Gasteiger charge is 2.29. The number of ketones is 1. The summed E-state index contributed by atoms with van der Waals surface area (Å²) in [7, 11) is -3.60. The second-order valence-corrected chi connectivity index (χ2v) is 8.82. The van der Waals surface area contributed by atoms with Crippen LogP contribution in [0, 0.1) is 13.8 Å². The van der Waals surface area contributed by atoms with E-state index in [9.17, 15) is 13.2 Å². The van der Waals surface area contributed by atoms with Crippen LogP contribution in [0.25, 0.3) is 0 Å². The van der Waals surface area contributed by atoms with Crippen molar-refractivity contribution in [1.82, 2.24) is 0 Å². The molecule has 1 atom stereocenters. The molecule has 3 rings (SSSR count). The van der Waals surface area contributed by atoms with Crippen molar-refractivity contribution >= 4 is 15.6 Å². The van der Waals surface area contributed by atoms with Crippen LogP contribution in [0.2, 0.25) is 0 Å². The van der Waals surface area contributed by atoms with E-state index in [1.807, 2.05) is 50.2 Å². The molecule has 27 heavy (non-hydrogen) atoms. The molecular formula is C23H22O3S. The lowest BCUT2D eigenvalue weighted by Crippen LogP contribution is -2.23. The summed E-state index contributed by atoms with van der Waals surface area (Å²) in [5, 5.41) is 0. The van der Waals surface area contributed by atoms with E-state index in [4.69, 9.17) is 0 Å². The van der Waals surface area contributed by atoms with Gasteiger partial charge < -0.3 is 0 Å². The van der Waals surface area contributed by atoms with Crippen molar-refractivity contribution in [3.8, 4) is 0 Å². The summed E-state index contributed by atoms with van der Waals surface area (Å²) in [6.07, 6.45) is 0. The fourth-order valence-electron chi connectivity index (χ4n) is 2.98. The van der Waals surface area contributed by atoms with Gasteiger partial charge in [0.15, 0.2) is 15.6 Å². The van der Waals surface area contributed by atoms with Crippen molar-refractivity contribution in [2.45, 2.75) is 24.7 Å². The summed E-state index contributed by atoms with van der Waals surface area (Å²) in [4.78, 5) is 13.4. The molecule has 0 amide bonds. The first kappa shape index (κ1) is 19.1. The lowest BCUT2D eigenvalue weighted by molar-refractivity contribution is 0.0967. The van der Waals surface area contributed by atoms with Gasteiger partial charge in [-0.3, -0.25) is 4.79 Å². The minimum Gasteiger partial charge on any atom is -0.293 e. The zero-order chi connectivity index (χ0) is 19.4. The fraction of sp³-hybridized carbons (Fsp3) is 0.174. The minimum absolute atomic E-state index is 0.182. The van der Waals surface area contributed by atoms with E-state index >= 15 is 0 Å². The van der Waals surface area contributed by atoms with E-state index in [2.05, 4.69) is 0 Å². The number of carbonyl (C=O) groups is 1. The van der Waals surface area contributed by atoms with Crippen molar-refractivity contribution in [2.75, 3.05) is 5.75 Å². The summed E-state index contributed by atoms with van der Waals surface area (Å²) in [5.74, 6) is -1.19. The Bertz CT molecular complexity index is 1020. The topological polar surface area (TPSA) is 51.2 Å². The maximum absolute atomic E-state index is 13.2. The first-order chi connectivity index (χ1) is 12.9. The monoisotopic (exact) mass is 378 g/mol. The molecule has 0 saturated carbocycles. The minimum atomic E-state index is -3.60. The van der Waals surface area contributed by atoms with Crippen molar-refractivity contribution in [1.29, 1.82) is 0 Å². The summed E-state index contributed by atoms with van der Waals surface area (Å²) in [6.45, 7) is 3.91. The standard InChI is InChI=1S/C23H22O3S/c1-17-8-12-19(13-9-17)22(23(24)20-14-10-18(2)11-15-20)16-27(25,26)21-6-4-3-5-7-21/h3-15,22H,16H2,1-2H3.